The van der Waals surface area contributed by atoms with Crippen molar-refractivity contribution in [2.24, 2.45) is 0 Å². The monoisotopic (exact) mass is 451 g/mol. The van der Waals surface area contributed by atoms with E-state index in [1.54, 1.807) is 5.38 Å². The fourth-order valence-electron chi connectivity index (χ4n) is 3.67. The van der Waals surface area contributed by atoms with Crippen LogP contribution in [0.1, 0.15) is 39.0 Å². The lowest BCUT2D eigenvalue weighted by Gasteiger charge is -2.14. The van der Waals surface area contributed by atoms with Crippen LogP contribution in [0.15, 0.2) is 53.9 Å². The molecule has 164 valence electrons. The number of carboxylic acids is 1. The second-order valence-corrected chi connectivity index (χ2v) is 8.15. The number of carbonyl (C=O) groups is 3. The summed E-state index contributed by atoms with van der Waals surface area (Å²) < 4.78 is 5.48. The van der Waals surface area contributed by atoms with Gasteiger partial charge in [-0.3, -0.25) is 9.59 Å². The standard InChI is InChI=1S/C23H21N3O5S/c27-21(28)9-10-24-22(29)19-13-32-20(26-19)11-25-23(30)31-12-18-16-7-3-1-5-14(16)15-6-2-4-8-17(15)18/h1-8,13,18H,9-12H2,(H,24,29)(H,25,30)(H,27,28). The van der Waals surface area contributed by atoms with E-state index in [1.807, 2.05) is 24.3 Å². The van der Waals surface area contributed by atoms with Gasteiger partial charge in [0.05, 0.1) is 13.0 Å². The van der Waals surface area contributed by atoms with Crippen molar-refractivity contribution >= 4 is 29.3 Å². The molecule has 0 radical (unpaired) electrons. The number of nitrogens with zero attached hydrogens (tertiary/aromatic N) is 1. The molecule has 3 aromatic rings. The Morgan fingerprint density at radius 2 is 1.66 bits per heavy atom. The first-order valence-corrected chi connectivity index (χ1v) is 10.9. The lowest BCUT2D eigenvalue weighted by molar-refractivity contribution is -0.136. The molecule has 0 aliphatic heterocycles. The van der Waals surface area contributed by atoms with Gasteiger partial charge in [0.1, 0.15) is 17.3 Å². The van der Waals surface area contributed by atoms with E-state index in [9.17, 15) is 14.4 Å². The van der Waals surface area contributed by atoms with Gasteiger partial charge in [-0.2, -0.15) is 0 Å². The highest BCUT2D eigenvalue weighted by Crippen LogP contribution is 2.44. The van der Waals surface area contributed by atoms with Crippen LogP contribution in [0.4, 0.5) is 4.79 Å². The summed E-state index contributed by atoms with van der Waals surface area (Å²) in [6.45, 7) is 0.373. The number of thiazole rings is 1. The van der Waals surface area contributed by atoms with E-state index in [0.29, 0.717) is 5.01 Å². The van der Waals surface area contributed by atoms with Gasteiger partial charge in [-0.1, -0.05) is 48.5 Å². The van der Waals surface area contributed by atoms with Gasteiger partial charge in [-0.05, 0) is 22.3 Å². The highest BCUT2D eigenvalue weighted by molar-refractivity contribution is 7.09. The van der Waals surface area contributed by atoms with E-state index in [-0.39, 0.29) is 37.7 Å². The predicted molar refractivity (Wildman–Crippen MR) is 119 cm³/mol. The average molecular weight is 452 g/mol. The lowest BCUT2D eigenvalue weighted by atomic mass is 9.98. The summed E-state index contributed by atoms with van der Waals surface area (Å²) in [7, 11) is 0. The molecule has 0 unspecified atom stereocenters. The van der Waals surface area contributed by atoms with E-state index < -0.39 is 18.0 Å². The molecule has 9 heteroatoms. The van der Waals surface area contributed by atoms with Crippen molar-refractivity contribution in [1.29, 1.82) is 0 Å². The zero-order valence-corrected chi connectivity index (χ0v) is 17.9. The fraction of sp³-hybridized carbons (Fsp3) is 0.217. The first-order chi connectivity index (χ1) is 15.5. The Morgan fingerprint density at radius 3 is 2.31 bits per heavy atom. The zero-order chi connectivity index (χ0) is 22.5. The number of nitrogens with one attached hydrogen (secondary N) is 2. The first kappa shape index (κ1) is 21.5. The van der Waals surface area contributed by atoms with Gasteiger partial charge in [-0.15, -0.1) is 11.3 Å². The second-order valence-electron chi connectivity index (χ2n) is 7.21. The molecular formula is C23H21N3O5S. The van der Waals surface area contributed by atoms with Gasteiger partial charge in [0.2, 0.25) is 0 Å². The third-order valence-corrected chi connectivity index (χ3v) is 5.99. The number of aliphatic carboxylic acids is 1. The van der Waals surface area contributed by atoms with Crippen LogP contribution in [0.2, 0.25) is 0 Å². The van der Waals surface area contributed by atoms with Crippen molar-refractivity contribution in [3.05, 3.63) is 75.7 Å². The van der Waals surface area contributed by atoms with Gasteiger partial charge in [0, 0.05) is 17.8 Å². The van der Waals surface area contributed by atoms with Crippen molar-refractivity contribution in [1.82, 2.24) is 15.6 Å². The number of alkyl carbamates (subject to hydrolysis) is 1. The van der Waals surface area contributed by atoms with Crippen molar-refractivity contribution in [3.8, 4) is 11.1 Å². The van der Waals surface area contributed by atoms with Gasteiger partial charge in [0.25, 0.3) is 5.91 Å². The number of carbonyl (C=O) groups excluding carboxylic acids is 2. The molecule has 1 aromatic heterocycles. The summed E-state index contributed by atoms with van der Waals surface area (Å²) in [5.41, 5.74) is 4.78. The van der Waals surface area contributed by atoms with E-state index >= 15 is 0 Å². The van der Waals surface area contributed by atoms with E-state index in [0.717, 1.165) is 22.3 Å². The van der Waals surface area contributed by atoms with Crippen LogP contribution >= 0.6 is 11.3 Å². The number of hydrogen-bond donors (Lipinski definition) is 3. The number of rotatable bonds is 8. The summed E-state index contributed by atoms with van der Waals surface area (Å²) in [5, 5.41) is 15.9. The molecule has 1 heterocycles. The average Bonchev–Trinajstić information content (AvgIpc) is 3.39. The largest absolute Gasteiger partial charge is 0.481 e. The summed E-state index contributed by atoms with van der Waals surface area (Å²) in [6.07, 6.45) is -0.721. The molecule has 4 rings (SSSR count). The molecule has 0 saturated carbocycles. The molecule has 3 N–H and O–H groups in total. The van der Waals surface area contributed by atoms with Crippen LogP contribution in [0.3, 0.4) is 0 Å². The van der Waals surface area contributed by atoms with Crippen LogP contribution < -0.4 is 10.6 Å². The number of ether oxygens (including phenoxy) is 1. The number of carboxylic acid groups (broad SMARTS) is 1. The minimum Gasteiger partial charge on any atom is -0.481 e. The Kier molecular flexibility index (Phi) is 6.46. The van der Waals surface area contributed by atoms with Crippen molar-refractivity contribution in [3.63, 3.8) is 0 Å². The quantitative estimate of drug-likeness (QED) is 0.483. The van der Waals surface area contributed by atoms with Crippen LogP contribution in [-0.2, 0) is 16.1 Å². The molecule has 0 saturated heterocycles. The molecular weight excluding hydrogens is 430 g/mol. The smallest absolute Gasteiger partial charge is 0.407 e. The molecule has 1 aliphatic rings. The number of aromatic nitrogens is 1. The highest BCUT2D eigenvalue weighted by Gasteiger charge is 2.29. The van der Waals surface area contributed by atoms with E-state index in [2.05, 4.69) is 39.9 Å². The molecule has 0 bridgehead atoms. The van der Waals surface area contributed by atoms with E-state index in [4.69, 9.17) is 9.84 Å². The second kappa shape index (κ2) is 9.61. The lowest BCUT2D eigenvalue weighted by Crippen LogP contribution is -2.27. The number of fused-ring (bicyclic) bond motifs is 3. The van der Waals surface area contributed by atoms with Gasteiger partial charge >= 0.3 is 12.1 Å². The number of hydrogen-bond acceptors (Lipinski definition) is 6. The van der Waals surface area contributed by atoms with Gasteiger partial charge < -0.3 is 20.5 Å². The Labute approximate surface area is 188 Å². The fourth-order valence-corrected chi connectivity index (χ4v) is 4.38. The normalized spacial score (nSPS) is 12.0. The van der Waals surface area contributed by atoms with Crippen molar-refractivity contribution in [2.45, 2.75) is 18.9 Å². The van der Waals surface area contributed by atoms with Crippen molar-refractivity contribution < 1.29 is 24.2 Å². The summed E-state index contributed by atoms with van der Waals surface area (Å²) >= 11 is 1.23. The molecule has 8 nitrogen and oxygen atoms in total. The molecule has 0 atom stereocenters. The molecule has 32 heavy (non-hydrogen) atoms. The summed E-state index contributed by atoms with van der Waals surface area (Å²) in [6, 6.07) is 16.2. The summed E-state index contributed by atoms with van der Waals surface area (Å²) in [5.74, 6) is -1.46. The Hall–Kier alpha value is -3.72. The first-order valence-electron chi connectivity index (χ1n) is 10.1. The molecule has 2 aromatic carbocycles. The van der Waals surface area contributed by atoms with Crippen LogP contribution in [0.25, 0.3) is 11.1 Å². The maximum atomic E-state index is 12.3. The maximum Gasteiger partial charge on any atom is 0.407 e. The number of amides is 2. The molecule has 0 spiro atoms. The van der Waals surface area contributed by atoms with Gasteiger partial charge in [0.15, 0.2) is 0 Å². The zero-order valence-electron chi connectivity index (χ0n) is 17.0. The minimum absolute atomic E-state index is 0.0193. The Balaban J connectivity index is 1.29. The number of benzene rings is 2. The predicted octanol–water partition coefficient (Wildman–Crippen LogP) is 3.39. The van der Waals surface area contributed by atoms with Crippen LogP contribution in [0, 0.1) is 0 Å². The summed E-state index contributed by atoms with van der Waals surface area (Å²) in [4.78, 5) is 38.9. The third kappa shape index (κ3) is 4.78. The Morgan fingerprint density at radius 1 is 1.00 bits per heavy atom. The topological polar surface area (TPSA) is 118 Å². The highest BCUT2D eigenvalue weighted by atomic mass is 32.1. The van der Waals surface area contributed by atoms with E-state index in [1.165, 1.54) is 11.3 Å². The van der Waals surface area contributed by atoms with Gasteiger partial charge in [-0.25, -0.2) is 9.78 Å². The van der Waals surface area contributed by atoms with Crippen LogP contribution in [0.5, 0.6) is 0 Å². The minimum atomic E-state index is -0.989. The van der Waals surface area contributed by atoms with Crippen molar-refractivity contribution in [2.75, 3.05) is 13.2 Å². The maximum absolute atomic E-state index is 12.3. The third-order valence-electron chi connectivity index (χ3n) is 5.14. The van der Waals surface area contributed by atoms with Crippen LogP contribution in [-0.4, -0.2) is 41.2 Å². The Bertz CT molecular complexity index is 1110. The molecule has 2 amide bonds. The molecule has 1 aliphatic carbocycles. The molecule has 0 fully saturated rings. The SMILES string of the molecule is O=C(O)CCNC(=O)c1csc(CNC(=O)OCC2c3ccccc3-c3ccccc32)n1.